The first kappa shape index (κ1) is 13.0. The minimum Gasteiger partial charge on any atom is -0.493 e. The van der Waals surface area contributed by atoms with Gasteiger partial charge in [-0.15, -0.1) is 0 Å². The number of hydrogen-bond acceptors (Lipinski definition) is 4. The van der Waals surface area contributed by atoms with E-state index in [0.29, 0.717) is 28.5 Å². The lowest BCUT2D eigenvalue weighted by molar-refractivity contribution is 0.355. The molecule has 4 nitrogen and oxygen atoms in total. The quantitative estimate of drug-likeness (QED) is 0.652. The van der Waals surface area contributed by atoms with Crippen LogP contribution >= 0.6 is 0 Å². The Morgan fingerprint density at radius 1 is 1.00 bits per heavy atom. The zero-order valence-electron chi connectivity index (χ0n) is 10.9. The molecule has 0 aliphatic rings. The lowest BCUT2D eigenvalue weighted by Gasteiger charge is -2.13. The van der Waals surface area contributed by atoms with Crippen LogP contribution in [-0.2, 0) is 0 Å². The van der Waals surface area contributed by atoms with Gasteiger partial charge in [0.05, 0.1) is 19.9 Å². The fourth-order valence-electron chi connectivity index (χ4n) is 1.87. The maximum atomic E-state index is 8.23. The average Bonchev–Trinajstić information content (AvgIpc) is 2.47. The number of rotatable bonds is 4. The van der Waals surface area contributed by atoms with Crippen molar-refractivity contribution in [2.75, 3.05) is 20.0 Å². The standard InChI is InChI=1S/C15H16N2O2/c1-18-13-8-11(12(16)9-14(13)19-2)15(17)10-6-4-3-5-7-10/h3-9,17H,16H2,1-2H3. The van der Waals surface area contributed by atoms with Crippen LogP contribution in [0.15, 0.2) is 42.5 Å². The Bertz CT molecular complexity index is 595. The molecule has 0 heterocycles. The molecule has 19 heavy (non-hydrogen) atoms. The lowest BCUT2D eigenvalue weighted by Crippen LogP contribution is -2.06. The number of anilines is 1. The molecule has 0 saturated heterocycles. The molecule has 2 aromatic rings. The van der Waals surface area contributed by atoms with E-state index in [2.05, 4.69) is 0 Å². The van der Waals surface area contributed by atoms with Crippen molar-refractivity contribution in [1.29, 1.82) is 5.41 Å². The van der Waals surface area contributed by atoms with Crippen LogP contribution in [0.2, 0.25) is 0 Å². The molecule has 0 bridgehead atoms. The molecule has 0 unspecified atom stereocenters. The average molecular weight is 256 g/mol. The summed E-state index contributed by atoms with van der Waals surface area (Å²) in [6.45, 7) is 0. The smallest absolute Gasteiger partial charge is 0.162 e. The van der Waals surface area contributed by atoms with E-state index in [1.165, 1.54) is 0 Å². The van der Waals surface area contributed by atoms with Crippen molar-refractivity contribution in [2.24, 2.45) is 0 Å². The monoisotopic (exact) mass is 256 g/mol. The summed E-state index contributed by atoms with van der Waals surface area (Å²) >= 11 is 0. The minimum atomic E-state index is 0.360. The first-order valence-electron chi connectivity index (χ1n) is 5.83. The van der Waals surface area contributed by atoms with Gasteiger partial charge in [-0.05, 0) is 6.07 Å². The SMILES string of the molecule is COc1cc(N)c(C(=N)c2ccccc2)cc1OC. The normalized spacial score (nSPS) is 10.0. The molecule has 0 atom stereocenters. The molecule has 0 aliphatic carbocycles. The molecule has 3 N–H and O–H groups in total. The van der Waals surface area contributed by atoms with Gasteiger partial charge in [-0.25, -0.2) is 0 Å². The number of hydrogen-bond donors (Lipinski definition) is 2. The summed E-state index contributed by atoms with van der Waals surface area (Å²) < 4.78 is 10.4. The summed E-state index contributed by atoms with van der Waals surface area (Å²) in [5.74, 6) is 1.12. The molecule has 0 spiro atoms. The van der Waals surface area contributed by atoms with Crippen LogP contribution in [0.1, 0.15) is 11.1 Å². The Labute approximate surface area is 112 Å². The molecule has 0 fully saturated rings. The summed E-state index contributed by atoms with van der Waals surface area (Å²) in [6, 6.07) is 12.8. The first-order valence-corrected chi connectivity index (χ1v) is 5.83. The molecule has 0 aromatic heterocycles. The van der Waals surface area contributed by atoms with Gasteiger partial charge < -0.3 is 15.2 Å². The second-order valence-electron chi connectivity index (χ2n) is 4.04. The first-order chi connectivity index (χ1) is 9.17. The molecular formula is C15H16N2O2. The summed E-state index contributed by atoms with van der Waals surface area (Å²) in [6.07, 6.45) is 0. The summed E-state index contributed by atoms with van der Waals surface area (Å²) in [4.78, 5) is 0. The Morgan fingerprint density at radius 2 is 1.58 bits per heavy atom. The number of methoxy groups -OCH3 is 2. The van der Waals surface area contributed by atoms with Crippen molar-refractivity contribution in [2.45, 2.75) is 0 Å². The Hall–Kier alpha value is -2.49. The van der Waals surface area contributed by atoms with Crippen LogP contribution in [0.5, 0.6) is 11.5 Å². The van der Waals surface area contributed by atoms with Gasteiger partial charge in [-0.2, -0.15) is 0 Å². The third-order valence-corrected chi connectivity index (χ3v) is 2.89. The van der Waals surface area contributed by atoms with Gasteiger partial charge in [-0.3, -0.25) is 5.41 Å². The second kappa shape index (κ2) is 5.44. The predicted molar refractivity (Wildman–Crippen MR) is 76.3 cm³/mol. The van der Waals surface area contributed by atoms with Crippen LogP contribution in [0, 0.1) is 5.41 Å². The molecule has 0 aliphatic heterocycles. The van der Waals surface area contributed by atoms with Crippen molar-refractivity contribution in [3.8, 4) is 11.5 Å². The van der Waals surface area contributed by atoms with E-state index < -0.39 is 0 Å². The van der Waals surface area contributed by atoms with Crippen molar-refractivity contribution < 1.29 is 9.47 Å². The lowest BCUT2D eigenvalue weighted by atomic mass is 10.0. The second-order valence-corrected chi connectivity index (χ2v) is 4.04. The molecule has 98 valence electrons. The van der Waals surface area contributed by atoms with Gasteiger partial charge in [0.2, 0.25) is 0 Å². The number of nitrogen functional groups attached to an aromatic ring is 1. The zero-order chi connectivity index (χ0) is 13.8. The van der Waals surface area contributed by atoms with Crippen molar-refractivity contribution in [3.63, 3.8) is 0 Å². The van der Waals surface area contributed by atoms with E-state index in [-0.39, 0.29) is 0 Å². The summed E-state index contributed by atoms with van der Waals surface area (Å²) in [7, 11) is 3.11. The molecule has 2 aromatic carbocycles. The Morgan fingerprint density at radius 3 is 2.16 bits per heavy atom. The van der Waals surface area contributed by atoms with Gasteiger partial charge >= 0.3 is 0 Å². The van der Waals surface area contributed by atoms with Gasteiger partial charge in [0.1, 0.15) is 0 Å². The van der Waals surface area contributed by atoms with Gasteiger partial charge in [-0.1, -0.05) is 30.3 Å². The highest BCUT2D eigenvalue weighted by Gasteiger charge is 2.13. The molecule has 0 amide bonds. The third-order valence-electron chi connectivity index (χ3n) is 2.89. The maximum Gasteiger partial charge on any atom is 0.162 e. The van der Waals surface area contributed by atoms with Crippen molar-refractivity contribution in [3.05, 3.63) is 53.6 Å². The molecule has 2 rings (SSSR count). The molecule has 4 heteroatoms. The van der Waals surface area contributed by atoms with Crippen molar-refractivity contribution >= 4 is 11.4 Å². The zero-order valence-corrected chi connectivity index (χ0v) is 10.9. The maximum absolute atomic E-state index is 8.23. The van der Waals surface area contributed by atoms with E-state index in [1.54, 1.807) is 26.4 Å². The van der Waals surface area contributed by atoms with Gasteiger partial charge in [0, 0.05) is 22.9 Å². The molecule has 0 saturated carbocycles. The van der Waals surface area contributed by atoms with Crippen LogP contribution in [0.4, 0.5) is 5.69 Å². The van der Waals surface area contributed by atoms with E-state index >= 15 is 0 Å². The predicted octanol–water partition coefficient (Wildman–Crippen LogP) is 2.70. The minimum absolute atomic E-state index is 0.360. The fourth-order valence-corrected chi connectivity index (χ4v) is 1.87. The highest BCUT2D eigenvalue weighted by atomic mass is 16.5. The topological polar surface area (TPSA) is 68.3 Å². The summed E-state index contributed by atoms with van der Waals surface area (Å²) in [5, 5.41) is 8.23. The highest BCUT2D eigenvalue weighted by Crippen LogP contribution is 2.32. The number of ether oxygens (including phenoxy) is 2. The Balaban J connectivity index is 2.48. The van der Waals surface area contributed by atoms with Crippen LogP contribution in [0.25, 0.3) is 0 Å². The molecule has 0 radical (unpaired) electrons. The third kappa shape index (κ3) is 2.52. The van der Waals surface area contributed by atoms with Gasteiger partial charge in [0.25, 0.3) is 0 Å². The van der Waals surface area contributed by atoms with E-state index in [4.69, 9.17) is 20.6 Å². The number of benzene rings is 2. The van der Waals surface area contributed by atoms with E-state index in [1.807, 2.05) is 30.3 Å². The van der Waals surface area contributed by atoms with Crippen LogP contribution in [0.3, 0.4) is 0 Å². The highest BCUT2D eigenvalue weighted by molar-refractivity contribution is 6.14. The largest absolute Gasteiger partial charge is 0.493 e. The fraction of sp³-hybridized carbons (Fsp3) is 0.133. The van der Waals surface area contributed by atoms with E-state index in [9.17, 15) is 0 Å². The molecular weight excluding hydrogens is 240 g/mol. The number of nitrogens with two attached hydrogens (primary N) is 1. The Kier molecular flexibility index (Phi) is 3.71. The van der Waals surface area contributed by atoms with Gasteiger partial charge in [0.15, 0.2) is 11.5 Å². The van der Waals surface area contributed by atoms with E-state index in [0.717, 1.165) is 5.56 Å². The number of nitrogens with one attached hydrogen (secondary N) is 1. The van der Waals surface area contributed by atoms with Crippen LogP contribution in [-0.4, -0.2) is 19.9 Å². The van der Waals surface area contributed by atoms with Crippen molar-refractivity contribution in [1.82, 2.24) is 0 Å². The summed E-state index contributed by atoms with van der Waals surface area (Å²) in [5.41, 5.74) is 8.27. The van der Waals surface area contributed by atoms with Crippen LogP contribution < -0.4 is 15.2 Å².